The van der Waals surface area contributed by atoms with E-state index in [1.165, 1.54) is 36.4 Å². The van der Waals surface area contributed by atoms with Gasteiger partial charge in [-0.15, -0.1) is 0 Å². The second-order valence-electron chi connectivity index (χ2n) is 8.32. The molecule has 0 unspecified atom stereocenters. The monoisotopic (exact) mass is 554 g/mol. The number of ether oxygens (including phenoxy) is 1. The van der Waals surface area contributed by atoms with Gasteiger partial charge >= 0.3 is 6.03 Å². The number of nitro groups is 1. The zero-order valence-electron chi connectivity index (χ0n) is 19.9. The minimum Gasteiger partial charge on any atom is -0.486 e. The summed E-state index contributed by atoms with van der Waals surface area (Å²) in [7, 11) is 0. The number of amides is 4. The third-order valence-corrected chi connectivity index (χ3v) is 6.00. The summed E-state index contributed by atoms with van der Waals surface area (Å²) in [6.07, 6.45) is 1.38. The van der Waals surface area contributed by atoms with Crippen LogP contribution in [0.25, 0.3) is 6.08 Å². The van der Waals surface area contributed by atoms with Gasteiger partial charge in [-0.1, -0.05) is 53.0 Å². The Morgan fingerprint density at radius 1 is 1.11 bits per heavy atom. The predicted octanol–water partition coefficient (Wildman–Crippen LogP) is 5.32. The maximum absolute atomic E-state index is 12.8. The van der Waals surface area contributed by atoms with Crippen LogP contribution in [0.4, 0.5) is 16.2 Å². The number of halogens is 2. The molecule has 38 heavy (non-hydrogen) atoms. The van der Waals surface area contributed by atoms with Gasteiger partial charge in [-0.05, 0) is 48.4 Å². The van der Waals surface area contributed by atoms with E-state index in [4.69, 9.17) is 27.9 Å². The molecule has 0 aromatic heterocycles. The summed E-state index contributed by atoms with van der Waals surface area (Å²) in [5.74, 6) is -1.07. The van der Waals surface area contributed by atoms with Gasteiger partial charge in [0.05, 0.1) is 15.0 Å². The third-order valence-electron chi connectivity index (χ3n) is 5.44. The van der Waals surface area contributed by atoms with Gasteiger partial charge in [0.15, 0.2) is 5.75 Å². The van der Waals surface area contributed by atoms with Gasteiger partial charge in [0.1, 0.15) is 18.8 Å². The summed E-state index contributed by atoms with van der Waals surface area (Å²) < 4.78 is 5.67. The normalized spacial score (nSPS) is 14.0. The lowest BCUT2D eigenvalue weighted by atomic mass is 10.1. The minimum atomic E-state index is -0.741. The lowest BCUT2D eigenvalue weighted by molar-refractivity contribution is -0.384. The molecular formula is C26H20Cl2N4O6. The molecule has 2 N–H and O–H groups in total. The van der Waals surface area contributed by atoms with E-state index in [9.17, 15) is 24.5 Å². The topological polar surface area (TPSA) is 131 Å². The Morgan fingerprint density at radius 2 is 1.79 bits per heavy atom. The van der Waals surface area contributed by atoms with E-state index < -0.39 is 29.3 Å². The van der Waals surface area contributed by atoms with E-state index in [1.54, 1.807) is 18.2 Å². The van der Waals surface area contributed by atoms with Crippen LogP contribution in [0.3, 0.4) is 0 Å². The Bertz CT molecular complexity index is 1450. The number of non-ortho nitro benzene ring substituents is 1. The molecule has 4 rings (SSSR count). The maximum Gasteiger partial charge on any atom is 0.329 e. The first-order valence-electron chi connectivity index (χ1n) is 11.2. The van der Waals surface area contributed by atoms with Crippen molar-refractivity contribution in [2.24, 2.45) is 0 Å². The quantitative estimate of drug-likeness (QED) is 0.167. The Morgan fingerprint density at radius 3 is 2.45 bits per heavy atom. The van der Waals surface area contributed by atoms with Crippen molar-refractivity contribution in [1.29, 1.82) is 0 Å². The highest BCUT2D eigenvalue weighted by Crippen LogP contribution is 2.35. The molecule has 12 heteroatoms. The molecule has 10 nitrogen and oxygen atoms in total. The van der Waals surface area contributed by atoms with E-state index >= 15 is 0 Å². The standard InChI is InChI=1S/C26H20Cl2N4O6/c1-15-5-7-18(8-6-15)29-23(33)13-31-25(34)22(30-26(31)35)12-17-10-20(27)24(21(28)11-17)38-14-16-3-2-4-19(9-16)32(36)37/h2-12H,13-14H2,1H3,(H,29,33)(H,30,35)/b22-12+. The zero-order chi connectivity index (χ0) is 27.4. The zero-order valence-corrected chi connectivity index (χ0v) is 21.4. The van der Waals surface area contributed by atoms with Gasteiger partial charge in [0.2, 0.25) is 5.91 Å². The SMILES string of the molecule is Cc1ccc(NC(=O)CN2C(=O)N/C(=C/c3cc(Cl)c(OCc4cccc([N+](=O)[O-])c4)c(Cl)c3)C2=O)cc1. The molecule has 3 aromatic carbocycles. The van der Waals surface area contributed by atoms with E-state index in [-0.39, 0.29) is 33.8 Å². The number of hydrogen-bond donors (Lipinski definition) is 2. The molecule has 0 aliphatic carbocycles. The van der Waals surface area contributed by atoms with E-state index in [0.29, 0.717) is 16.8 Å². The van der Waals surface area contributed by atoms with Gasteiger partial charge in [0, 0.05) is 17.8 Å². The van der Waals surface area contributed by atoms with Crippen LogP contribution in [0.5, 0.6) is 5.75 Å². The van der Waals surface area contributed by atoms with Crippen molar-refractivity contribution < 1.29 is 24.0 Å². The number of nitrogens with one attached hydrogen (secondary N) is 2. The number of carbonyl (C=O) groups excluding carboxylic acids is 3. The number of carbonyl (C=O) groups is 3. The number of rotatable bonds is 8. The Balaban J connectivity index is 1.43. The molecule has 0 bridgehead atoms. The van der Waals surface area contributed by atoms with Crippen molar-refractivity contribution >= 4 is 58.5 Å². The molecule has 1 aliphatic heterocycles. The lowest BCUT2D eigenvalue weighted by Crippen LogP contribution is -2.38. The second kappa shape index (κ2) is 11.3. The molecular weight excluding hydrogens is 535 g/mol. The summed E-state index contributed by atoms with van der Waals surface area (Å²) >= 11 is 12.7. The summed E-state index contributed by atoms with van der Waals surface area (Å²) in [4.78, 5) is 48.7. The van der Waals surface area contributed by atoms with Crippen molar-refractivity contribution in [1.82, 2.24) is 10.2 Å². The molecule has 1 saturated heterocycles. The highest BCUT2D eigenvalue weighted by Gasteiger charge is 2.35. The number of anilines is 1. The van der Waals surface area contributed by atoms with Gasteiger partial charge < -0.3 is 15.4 Å². The van der Waals surface area contributed by atoms with Crippen LogP contribution in [0.1, 0.15) is 16.7 Å². The lowest BCUT2D eigenvalue weighted by Gasteiger charge is -2.12. The number of hydrogen-bond acceptors (Lipinski definition) is 6. The van der Waals surface area contributed by atoms with Crippen LogP contribution in [-0.2, 0) is 16.2 Å². The van der Waals surface area contributed by atoms with Crippen molar-refractivity contribution in [2.75, 3.05) is 11.9 Å². The predicted molar refractivity (Wildman–Crippen MR) is 142 cm³/mol. The summed E-state index contributed by atoms with van der Waals surface area (Å²) in [5.41, 5.74) is 2.38. The van der Waals surface area contributed by atoms with Gasteiger partial charge in [-0.25, -0.2) is 9.69 Å². The Kier molecular flexibility index (Phi) is 7.94. The molecule has 1 heterocycles. The number of urea groups is 1. The van der Waals surface area contributed by atoms with Crippen LogP contribution in [-0.4, -0.2) is 34.2 Å². The second-order valence-corrected chi connectivity index (χ2v) is 9.14. The highest BCUT2D eigenvalue weighted by molar-refractivity contribution is 6.37. The minimum absolute atomic E-state index is 0.0181. The number of imide groups is 1. The summed E-state index contributed by atoms with van der Waals surface area (Å²) in [6.45, 7) is 1.42. The molecule has 0 atom stereocenters. The van der Waals surface area contributed by atoms with Crippen LogP contribution in [0.2, 0.25) is 10.0 Å². The maximum atomic E-state index is 12.8. The molecule has 0 radical (unpaired) electrons. The van der Waals surface area contributed by atoms with E-state index in [0.717, 1.165) is 10.5 Å². The largest absolute Gasteiger partial charge is 0.486 e. The first-order chi connectivity index (χ1) is 18.1. The summed E-state index contributed by atoms with van der Waals surface area (Å²) in [6, 6.07) is 15.2. The van der Waals surface area contributed by atoms with Gasteiger partial charge in [0.25, 0.3) is 11.6 Å². The van der Waals surface area contributed by atoms with Crippen LogP contribution >= 0.6 is 23.2 Å². The molecule has 1 fully saturated rings. The van der Waals surface area contributed by atoms with E-state index in [2.05, 4.69) is 10.6 Å². The number of nitro benzene ring substituents is 1. The van der Waals surface area contributed by atoms with Crippen molar-refractivity contribution in [3.63, 3.8) is 0 Å². The van der Waals surface area contributed by atoms with Crippen LogP contribution in [0.15, 0.2) is 66.4 Å². The Hall–Kier alpha value is -4.41. The molecule has 194 valence electrons. The fourth-order valence-electron chi connectivity index (χ4n) is 3.58. The number of benzene rings is 3. The van der Waals surface area contributed by atoms with Gasteiger partial charge in [-0.2, -0.15) is 0 Å². The first-order valence-corrected chi connectivity index (χ1v) is 11.9. The van der Waals surface area contributed by atoms with Crippen molar-refractivity contribution in [3.05, 3.63) is 103 Å². The highest BCUT2D eigenvalue weighted by atomic mass is 35.5. The molecule has 4 amide bonds. The third kappa shape index (κ3) is 6.28. The number of aryl methyl sites for hydroxylation is 1. The fraction of sp³-hybridized carbons (Fsp3) is 0.115. The Labute approximate surface area is 226 Å². The summed E-state index contributed by atoms with van der Waals surface area (Å²) in [5, 5.41) is 16.3. The van der Waals surface area contributed by atoms with Crippen LogP contribution in [0, 0.1) is 17.0 Å². The first kappa shape index (κ1) is 26.6. The fourth-order valence-corrected chi connectivity index (χ4v) is 4.19. The van der Waals surface area contributed by atoms with Crippen molar-refractivity contribution in [3.8, 4) is 5.75 Å². The van der Waals surface area contributed by atoms with E-state index in [1.807, 2.05) is 19.1 Å². The molecule has 0 saturated carbocycles. The average molecular weight is 555 g/mol. The van der Waals surface area contributed by atoms with Crippen molar-refractivity contribution in [2.45, 2.75) is 13.5 Å². The smallest absolute Gasteiger partial charge is 0.329 e. The molecule has 3 aromatic rings. The van der Waals surface area contributed by atoms with Gasteiger partial charge in [-0.3, -0.25) is 19.7 Å². The average Bonchev–Trinajstić information content (AvgIpc) is 3.12. The molecule has 1 aliphatic rings. The molecule has 0 spiro atoms. The number of nitrogens with zero attached hydrogens (tertiary/aromatic N) is 2. The van der Waals surface area contributed by atoms with Crippen LogP contribution < -0.4 is 15.4 Å².